The highest BCUT2D eigenvalue weighted by Crippen LogP contribution is 2.48. The third kappa shape index (κ3) is 0.367. The minimum Gasteiger partial charge on any atom is -0.393 e. The highest BCUT2D eigenvalue weighted by atomic mass is 16.3. The molecule has 40 valence electrons. The fraction of sp³-hybridized carbons (Fsp3) is 1.00. The minimum absolute atomic E-state index is 0.0880. The van der Waals surface area contributed by atoms with E-state index in [2.05, 4.69) is 0 Å². The van der Waals surface area contributed by atoms with Gasteiger partial charge < -0.3 is 5.11 Å². The Hall–Kier alpha value is -0.0400. The molecule has 3 aliphatic carbocycles. The summed E-state index contributed by atoms with van der Waals surface area (Å²) < 4.78 is 7.36. The first-order chi connectivity index (χ1) is 3.79. The molecule has 3 rings (SSSR count). The summed E-state index contributed by atoms with van der Waals surface area (Å²) in [6, 6.07) is 0. The molecule has 4 unspecified atom stereocenters. The van der Waals surface area contributed by atoms with Gasteiger partial charge in [-0.2, -0.15) is 0 Å². The molecular formula is C6H10O. The molecule has 0 aromatic rings. The van der Waals surface area contributed by atoms with E-state index < -0.39 is 0 Å². The molecule has 3 saturated carbocycles. The number of rotatable bonds is 0. The van der Waals surface area contributed by atoms with Gasteiger partial charge in [-0.25, -0.2) is 0 Å². The summed E-state index contributed by atoms with van der Waals surface area (Å²) in [4.78, 5) is 0. The highest BCUT2D eigenvalue weighted by molar-refractivity contribution is 4.93. The van der Waals surface area contributed by atoms with Crippen molar-refractivity contribution in [2.24, 2.45) is 11.8 Å². The van der Waals surface area contributed by atoms with Crippen LogP contribution in [0.3, 0.4) is 0 Å². The lowest BCUT2D eigenvalue weighted by atomic mass is 9.84. The van der Waals surface area contributed by atoms with Gasteiger partial charge in [0.25, 0.3) is 0 Å². The Balaban J connectivity index is 2.13. The topological polar surface area (TPSA) is 20.2 Å². The molecule has 3 fully saturated rings. The van der Waals surface area contributed by atoms with Crippen molar-refractivity contribution in [1.82, 2.24) is 0 Å². The van der Waals surface area contributed by atoms with Crippen molar-refractivity contribution >= 4 is 0 Å². The predicted octanol–water partition coefficient (Wildman–Crippen LogP) is 0.777. The van der Waals surface area contributed by atoms with Crippen LogP contribution in [-0.4, -0.2) is 11.2 Å². The van der Waals surface area contributed by atoms with Gasteiger partial charge in [-0.1, -0.05) is 0 Å². The second kappa shape index (κ2) is 1.03. The number of aliphatic hydroxyl groups excluding tert-OH is 1. The number of hydrogen-bond acceptors (Lipinski definition) is 1. The van der Waals surface area contributed by atoms with Crippen LogP contribution in [0, 0.1) is 11.8 Å². The average molecular weight is 99.2 g/mol. The second-order valence-corrected chi connectivity index (χ2v) is 2.66. The zero-order valence-corrected chi connectivity index (χ0v) is 4.17. The third-order valence-electron chi connectivity index (χ3n) is 2.13. The molecule has 4 atom stereocenters. The summed E-state index contributed by atoms with van der Waals surface area (Å²) in [7, 11) is 0. The van der Waals surface area contributed by atoms with Crippen molar-refractivity contribution in [2.45, 2.75) is 25.3 Å². The zero-order chi connectivity index (χ0) is 5.72. The fourth-order valence-corrected chi connectivity index (χ4v) is 1.61. The van der Waals surface area contributed by atoms with E-state index in [4.69, 9.17) is 6.48 Å². The Morgan fingerprint density at radius 1 is 1.57 bits per heavy atom. The van der Waals surface area contributed by atoms with Gasteiger partial charge in [-0.3, -0.25) is 0 Å². The molecule has 2 bridgehead atoms. The molecule has 1 heteroatoms. The maximum absolute atomic E-state index is 9.09. The molecule has 0 saturated heterocycles. The van der Waals surface area contributed by atoms with Crippen LogP contribution < -0.4 is 0 Å². The van der Waals surface area contributed by atoms with Crippen molar-refractivity contribution in [3.8, 4) is 0 Å². The van der Waals surface area contributed by atoms with Gasteiger partial charge in [0.2, 0.25) is 0 Å². The van der Waals surface area contributed by atoms with Gasteiger partial charge in [0.1, 0.15) is 0 Å². The normalized spacial score (nSPS) is 69.6. The Morgan fingerprint density at radius 2 is 2.43 bits per heavy atom. The molecule has 0 aromatic carbocycles. The van der Waals surface area contributed by atoms with E-state index in [1.807, 2.05) is 0 Å². The van der Waals surface area contributed by atoms with Crippen molar-refractivity contribution in [3.63, 3.8) is 0 Å². The molecule has 0 spiro atoms. The summed E-state index contributed by atoms with van der Waals surface area (Å²) >= 11 is 0. The monoisotopic (exact) mass is 99.1 g/mol. The maximum Gasteiger partial charge on any atom is 0.0571 e. The lowest BCUT2D eigenvalue weighted by Crippen LogP contribution is -2.16. The molecule has 0 aromatic heterocycles. The minimum atomic E-state index is -0.123. The van der Waals surface area contributed by atoms with Crippen LogP contribution >= 0.6 is 0 Å². The summed E-state index contributed by atoms with van der Waals surface area (Å²) in [6.07, 6.45) is 1.99. The Kier molecular flexibility index (Phi) is 0.451. The van der Waals surface area contributed by atoms with Crippen LogP contribution in [-0.2, 0) is 0 Å². The number of fused-ring (bicyclic) bond motifs is 1. The Morgan fingerprint density at radius 3 is 2.57 bits per heavy atom. The first-order valence-corrected chi connectivity index (χ1v) is 2.89. The van der Waals surface area contributed by atoms with Crippen LogP contribution in [0.15, 0.2) is 0 Å². The molecular weight excluding hydrogens is 88.1 g/mol. The summed E-state index contributed by atoms with van der Waals surface area (Å²) in [5.74, 6) is 0.898. The van der Waals surface area contributed by atoms with E-state index in [1.165, 1.54) is 0 Å². The average Bonchev–Trinajstić information content (AvgIpc) is 2.19. The van der Waals surface area contributed by atoms with Crippen molar-refractivity contribution < 1.29 is 6.48 Å². The highest BCUT2D eigenvalue weighted by Gasteiger charge is 2.42. The largest absolute Gasteiger partial charge is 0.393 e. The van der Waals surface area contributed by atoms with Crippen LogP contribution in [0.25, 0.3) is 0 Å². The number of aliphatic hydroxyl groups is 1. The summed E-state index contributed by atoms with van der Waals surface area (Å²) in [6.45, 7) is 0. The van der Waals surface area contributed by atoms with E-state index in [9.17, 15) is 0 Å². The molecule has 0 heterocycles. The van der Waals surface area contributed by atoms with Crippen molar-refractivity contribution in [2.75, 3.05) is 0 Å². The van der Waals surface area contributed by atoms with E-state index in [-0.39, 0.29) is 12.5 Å². The van der Waals surface area contributed by atoms with Gasteiger partial charge in [-0.15, -0.1) is 0 Å². The maximum atomic E-state index is 9.09. The summed E-state index contributed by atoms with van der Waals surface area (Å²) in [5.41, 5.74) is 0. The van der Waals surface area contributed by atoms with Gasteiger partial charge >= 0.3 is 0 Å². The first kappa shape index (κ1) is 3.08. The first-order valence-electron chi connectivity index (χ1n) is 3.47. The predicted molar refractivity (Wildman–Crippen MR) is 26.8 cm³/mol. The Bertz CT molecular complexity index is 111. The quantitative estimate of drug-likeness (QED) is 0.475. The zero-order valence-electron chi connectivity index (χ0n) is 5.17. The van der Waals surface area contributed by atoms with Crippen LogP contribution in [0.4, 0.5) is 0 Å². The standard InChI is InChI=1S/C6H10O/c7-6-3-4-1-5(6)2-4/h4-7H,1-3H2/i1D. The van der Waals surface area contributed by atoms with Crippen LogP contribution in [0.1, 0.15) is 20.6 Å². The lowest BCUT2D eigenvalue weighted by Gasteiger charge is -2.22. The molecule has 0 radical (unpaired) electrons. The molecule has 3 aliphatic rings. The van der Waals surface area contributed by atoms with Gasteiger partial charge in [0.05, 0.1) is 6.10 Å². The molecule has 1 N–H and O–H groups in total. The van der Waals surface area contributed by atoms with E-state index in [0.29, 0.717) is 11.8 Å². The summed E-state index contributed by atoms with van der Waals surface area (Å²) in [5, 5.41) is 9.09. The molecule has 0 aliphatic heterocycles. The number of hydrogen-bond donors (Lipinski definition) is 1. The lowest BCUT2D eigenvalue weighted by molar-refractivity contribution is 0.133. The van der Waals surface area contributed by atoms with Crippen molar-refractivity contribution in [1.29, 1.82) is 0 Å². The van der Waals surface area contributed by atoms with Gasteiger partial charge in [-0.05, 0) is 31.1 Å². The van der Waals surface area contributed by atoms with E-state index in [1.54, 1.807) is 0 Å². The smallest absolute Gasteiger partial charge is 0.0571 e. The Labute approximate surface area is 44.8 Å². The molecule has 1 nitrogen and oxygen atoms in total. The van der Waals surface area contributed by atoms with Crippen LogP contribution in [0.5, 0.6) is 0 Å². The van der Waals surface area contributed by atoms with E-state index in [0.717, 1.165) is 12.8 Å². The molecule has 7 heavy (non-hydrogen) atoms. The fourth-order valence-electron chi connectivity index (χ4n) is 1.61. The van der Waals surface area contributed by atoms with Gasteiger partial charge in [0, 0.05) is 1.37 Å². The SMILES string of the molecule is [2H]C1C2CC(O)C1C2. The third-order valence-corrected chi connectivity index (χ3v) is 2.13. The van der Waals surface area contributed by atoms with Crippen LogP contribution in [0.2, 0.25) is 0 Å². The second-order valence-electron chi connectivity index (χ2n) is 2.66. The van der Waals surface area contributed by atoms with Gasteiger partial charge in [0.15, 0.2) is 0 Å². The van der Waals surface area contributed by atoms with Crippen molar-refractivity contribution in [3.05, 3.63) is 0 Å². The molecule has 0 amide bonds. The van der Waals surface area contributed by atoms with E-state index >= 15 is 0 Å².